The van der Waals surface area contributed by atoms with E-state index in [0.29, 0.717) is 19.8 Å². The van der Waals surface area contributed by atoms with Crippen molar-refractivity contribution >= 4 is 10.0 Å². The van der Waals surface area contributed by atoms with Gasteiger partial charge in [-0.2, -0.15) is 0 Å². The highest BCUT2D eigenvalue weighted by Crippen LogP contribution is 2.11. The van der Waals surface area contributed by atoms with Crippen molar-refractivity contribution < 1.29 is 13.2 Å². The van der Waals surface area contributed by atoms with Gasteiger partial charge in [-0.3, -0.25) is 0 Å². The molecule has 104 valence electrons. The Morgan fingerprint density at radius 2 is 2.22 bits per heavy atom. The van der Waals surface area contributed by atoms with Crippen molar-refractivity contribution in [2.75, 3.05) is 20.3 Å². The van der Waals surface area contributed by atoms with Crippen LogP contribution in [0, 0.1) is 0 Å². The summed E-state index contributed by atoms with van der Waals surface area (Å²) in [5.41, 5.74) is 0.829. The molecular formula is C11H21N3O3S. The number of sulfonamides is 1. The fourth-order valence-corrected chi connectivity index (χ4v) is 2.77. The van der Waals surface area contributed by atoms with Gasteiger partial charge in [-0.25, -0.2) is 13.1 Å². The minimum Gasteiger partial charge on any atom is -0.380 e. The van der Waals surface area contributed by atoms with Gasteiger partial charge in [0.25, 0.3) is 0 Å². The second-order valence-corrected chi connectivity index (χ2v) is 5.79. The predicted molar refractivity (Wildman–Crippen MR) is 69.8 cm³/mol. The third-order valence-corrected chi connectivity index (χ3v) is 3.89. The van der Waals surface area contributed by atoms with Gasteiger partial charge in [0.2, 0.25) is 10.0 Å². The van der Waals surface area contributed by atoms with E-state index in [-0.39, 0.29) is 10.9 Å². The van der Waals surface area contributed by atoms with E-state index in [9.17, 15) is 8.42 Å². The Balaban J connectivity index is 2.67. The van der Waals surface area contributed by atoms with Crippen molar-refractivity contribution in [1.29, 1.82) is 0 Å². The molecule has 1 heterocycles. The second-order valence-electron chi connectivity index (χ2n) is 4.07. The molecule has 1 rings (SSSR count). The van der Waals surface area contributed by atoms with E-state index in [1.807, 2.05) is 6.92 Å². The molecule has 6 nitrogen and oxygen atoms in total. The molecule has 7 heteroatoms. The van der Waals surface area contributed by atoms with Crippen LogP contribution < -0.4 is 10.0 Å². The van der Waals surface area contributed by atoms with Crippen LogP contribution in [0.25, 0.3) is 0 Å². The van der Waals surface area contributed by atoms with E-state index < -0.39 is 10.0 Å². The molecule has 0 saturated carbocycles. The molecular weight excluding hydrogens is 254 g/mol. The number of aromatic amines is 1. The second kappa shape index (κ2) is 6.89. The van der Waals surface area contributed by atoms with Gasteiger partial charge in [0.05, 0.1) is 11.5 Å². The lowest BCUT2D eigenvalue weighted by Crippen LogP contribution is -2.35. The highest BCUT2D eigenvalue weighted by molar-refractivity contribution is 7.89. The molecule has 0 radical (unpaired) electrons. The first-order valence-corrected chi connectivity index (χ1v) is 7.40. The molecule has 0 fully saturated rings. The predicted octanol–water partition coefficient (Wildman–Crippen LogP) is 0.437. The van der Waals surface area contributed by atoms with Crippen molar-refractivity contribution in [3.8, 4) is 0 Å². The monoisotopic (exact) mass is 275 g/mol. The molecule has 0 saturated heterocycles. The summed E-state index contributed by atoms with van der Waals surface area (Å²) in [6.07, 6.45) is 1.49. The summed E-state index contributed by atoms with van der Waals surface area (Å²) in [6, 6.07) is 1.37. The molecule has 1 atom stereocenters. The van der Waals surface area contributed by atoms with Crippen LogP contribution in [0.1, 0.15) is 19.5 Å². The Bertz CT molecular complexity index is 456. The standard InChI is InChI=1S/C11H21N3O3S/c1-4-17-8-9(2)14-18(15,16)11-5-10(6-12-3)13-7-11/h5,7,9,12-14H,4,6,8H2,1-3H3. The topological polar surface area (TPSA) is 83.2 Å². The van der Waals surface area contributed by atoms with Gasteiger partial charge < -0.3 is 15.0 Å². The maximum Gasteiger partial charge on any atom is 0.242 e. The summed E-state index contributed by atoms with van der Waals surface area (Å²) in [4.78, 5) is 3.16. The average Bonchev–Trinajstić information content (AvgIpc) is 2.75. The molecule has 0 aliphatic carbocycles. The van der Waals surface area contributed by atoms with Crippen molar-refractivity contribution in [1.82, 2.24) is 15.0 Å². The van der Waals surface area contributed by atoms with Crippen LogP contribution in [-0.4, -0.2) is 39.7 Å². The number of H-pyrrole nitrogens is 1. The normalized spacial score (nSPS) is 13.7. The lowest BCUT2D eigenvalue weighted by molar-refractivity contribution is 0.133. The number of ether oxygens (including phenoxy) is 1. The Morgan fingerprint density at radius 3 is 2.83 bits per heavy atom. The van der Waals surface area contributed by atoms with Crippen LogP contribution in [0.3, 0.4) is 0 Å². The summed E-state index contributed by atoms with van der Waals surface area (Å²) in [5, 5.41) is 2.95. The van der Waals surface area contributed by atoms with Gasteiger partial charge in [-0.15, -0.1) is 0 Å². The van der Waals surface area contributed by atoms with E-state index in [0.717, 1.165) is 5.69 Å². The lowest BCUT2D eigenvalue weighted by atomic mass is 10.4. The zero-order valence-corrected chi connectivity index (χ0v) is 11.8. The van der Waals surface area contributed by atoms with Crippen LogP contribution in [0.4, 0.5) is 0 Å². The highest BCUT2D eigenvalue weighted by atomic mass is 32.2. The van der Waals surface area contributed by atoms with Gasteiger partial charge in [-0.05, 0) is 27.0 Å². The third-order valence-electron chi connectivity index (χ3n) is 2.32. The zero-order chi connectivity index (χ0) is 13.6. The molecule has 0 aromatic carbocycles. The Hall–Kier alpha value is -0.890. The van der Waals surface area contributed by atoms with Crippen molar-refractivity contribution in [2.24, 2.45) is 0 Å². The first-order chi connectivity index (χ1) is 8.49. The summed E-state index contributed by atoms with van der Waals surface area (Å²) in [6.45, 7) is 5.18. The fourth-order valence-electron chi connectivity index (χ4n) is 1.53. The third kappa shape index (κ3) is 4.41. The fraction of sp³-hybridized carbons (Fsp3) is 0.636. The van der Waals surface area contributed by atoms with Gasteiger partial charge in [0.15, 0.2) is 0 Å². The van der Waals surface area contributed by atoms with E-state index in [1.165, 1.54) is 6.20 Å². The van der Waals surface area contributed by atoms with E-state index in [2.05, 4.69) is 15.0 Å². The van der Waals surface area contributed by atoms with Crippen molar-refractivity contribution in [3.05, 3.63) is 18.0 Å². The zero-order valence-electron chi connectivity index (χ0n) is 11.0. The molecule has 0 aliphatic heterocycles. The Labute approximate surface area is 108 Å². The SMILES string of the molecule is CCOCC(C)NS(=O)(=O)c1c[nH]c(CNC)c1. The number of aromatic nitrogens is 1. The smallest absolute Gasteiger partial charge is 0.242 e. The van der Waals surface area contributed by atoms with E-state index in [1.54, 1.807) is 20.0 Å². The first-order valence-electron chi connectivity index (χ1n) is 5.91. The van der Waals surface area contributed by atoms with Crippen LogP contribution in [0.5, 0.6) is 0 Å². The molecule has 1 aromatic rings. The molecule has 3 N–H and O–H groups in total. The lowest BCUT2D eigenvalue weighted by Gasteiger charge is -2.12. The largest absolute Gasteiger partial charge is 0.380 e. The molecule has 1 unspecified atom stereocenters. The first kappa shape index (κ1) is 15.2. The summed E-state index contributed by atoms with van der Waals surface area (Å²) in [7, 11) is -1.67. The molecule has 0 aliphatic rings. The minimum atomic E-state index is -3.48. The molecule has 1 aromatic heterocycles. The van der Waals surface area contributed by atoms with E-state index in [4.69, 9.17) is 4.74 Å². The average molecular weight is 275 g/mol. The van der Waals surface area contributed by atoms with Crippen LogP contribution in [0.2, 0.25) is 0 Å². The summed E-state index contributed by atoms with van der Waals surface area (Å²) >= 11 is 0. The van der Waals surface area contributed by atoms with Gasteiger partial charge in [0, 0.05) is 31.1 Å². The Morgan fingerprint density at radius 1 is 1.50 bits per heavy atom. The quantitative estimate of drug-likeness (QED) is 0.643. The molecule has 0 bridgehead atoms. The number of hydrogen-bond donors (Lipinski definition) is 3. The van der Waals surface area contributed by atoms with Crippen LogP contribution in [-0.2, 0) is 21.3 Å². The number of hydrogen-bond acceptors (Lipinski definition) is 4. The number of nitrogens with one attached hydrogen (secondary N) is 3. The molecule has 0 spiro atoms. The maximum atomic E-state index is 12.0. The summed E-state index contributed by atoms with van der Waals surface area (Å²) < 4.78 is 31.8. The number of rotatable bonds is 8. The maximum absolute atomic E-state index is 12.0. The molecule has 18 heavy (non-hydrogen) atoms. The van der Waals surface area contributed by atoms with Crippen molar-refractivity contribution in [3.63, 3.8) is 0 Å². The van der Waals surface area contributed by atoms with Gasteiger partial charge in [0.1, 0.15) is 0 Å². The summed E-state index contributed by atoms with van der Waals surface area (Å²) in [5.74, 6) is 0. The Kier molecular flexibility index (Phi) is 5.80. The van der Waals surface area contributed by atoms with Crippen LogP contribution in [0.15, 0.2) is 17.2 Å². The minimum absolute atomic E-state index is 0.246. The van der Waals surface area contributed by atoms with Crippen molar-refractivity contribution in [2.45, 2.75) is 31.3 Å². The van der Waals surface area contributed by atoms with Gasteiger partial charge in [-0.1, -0.05) is 0 Å². The van der Waals surface area contributed by atoms with Gasteiger partial charge >= 0.3 is 0 Å². The van der Waals surface area contributed by atoms with E-state index >= 15 is 0 Å². The molecule has 0 amide bonds. The van der Waals surface area contributed by atoms with Crippen LogP contribution >= 0.6 is 0 Å². The highest BCUT2D eigenvalue weighted by Gasteiger charge is 2.18.